The first kappa shape index (κ1) is 13.6. The Morgan fingerprint density at radius 1 is 1.59 bits per heavy atom. The van der Waals surface area contributed by atoms with Gasteiger partial charge in [-0.2, -0.15) is 4.39 Å². The van der Waals surface area contributed by atoms with E-state index in [1.165, 1.54) is 12.3 Å². The molecule has 0 saturated carbocycles. The zero-order valence-electron chi connectivity index (χ0n) is 10.0. The zero-order valence-corrected chi connectivity index (χ0v) is 10.0. The summed E-state index contributed by atoms with van der Waals surface area (Å²) in [4.78, 5) is 15.3. The molecule has 0 aromatic carbocycles. The molecule has 0 saturated heterocycles. The minimum Gasteiger partial charge on any atom is -0.396 e. The summed E-state index contributed by atoms with van der Waals surface area (Å²) in [6.45, 7) is 3.79. The molecule has 1 amide bonds. The van der Waals surface area contributed by atoms with Gasteiger partial charge < -0.3 is 10.4 Å². The molecular weight excluding hydrogens is 223 g/mol. The van der Waals surface area contributed by atoms with Crippen LogP contribution < -0.4 is 5.32 Å². The molecule has 1 heterocycles. The maximum absolute atomic E-state index is 12.6. The van der Waals surface area contributed by atoms with Gasteiger partial charge in [-0.3, -0.25) is 4.79 Å². The highest BCUT2D eigenvalue weighted by atomic mass is 19.1. The number of nitrogens with one attached hydrogen (secondary N) is 1. The summed E-state index contributed by atoms with van der Waals surface area (Å²) in [5, 5.41) is 11.8. The maximum Gasteiger partial charge on any atom is 0.253 e. The topological polar surface area (TPSA) is 62.2 Å². The van der Waals surface area contributed by atoms with Crippen molar-refractivity contribution in [1.29, 1.82) is 0 Å². The van der Waals surface area contributed by atoms with Crippen LogP contribution in [0.2, 0.25) is 0 Å². The van der Waals surface area contributed by atoms with Crippen LogP contribution >= 0.6 is 0 Å². The normalized spacial score (nSPS) is 14.1. The Morgan fingerprint density at radius 3 is 2.76 bits per heavy atom. The zero-order chi connectivity index (χ0) is 12.9. The number of amides is 1. The van der Waals surface area contributed by atoms with Gasteiger partial charge in [0.05, 0.1) is 5.56 Å². The van der Waals surface area contributed by atoms with E-state index in [4.69, 9.17) is 5.11 Å². The number of aliphatic hydroxyl groups is 1. The minimum absolute atomic E-state index is 0.00624. The van der Waals surface area contributed by atoms with E-state index in [1.807, 2.05) is 13.8 Å². The fraction of sp³-hybridized carbons (Fsp3) is 0.500. The lowest BCUT2D eigenvalue weighted by Gasteiger charge is -2.28. The van der Waals surface area contributed by atoms with Crippen LogP contribution in [0.4, 0.5) is 4.39 Å². The second-order valence-corrected chi connectivity index (χ2v) is 4.21. The summed E-state index contributed by atoms with van der Waals surface area (Å²) in [6, 6.07) is 2.52. The molecule has 94 valence electrons. The highest BCUT2D eigenvalue weighted by Crippen LogP contribution is 2.14. The van der Waals surface area contributed by atoms with Crippen molar-refractivity contribution in [2.75, 3.05) is 6.61 Å². The fourth-order valence-electron chi connectivity index (χ4n) is 1.43. The Hall–Kier alpha value is -1.49. The first-order valence-corrected chi connectivity index (χ1v) is 5.55. The van der Waals surface area contributed by atoms with Gasteiger partial charge in [0.25, 0.3) is 5.91 Å². The van der Waals surface area contributed by atoms with E-state index >= 15 is 0 Å². The summed E-state index contributed by atoms with van der Waals surface area (Å²) < 4.78 is 12.6. The molecular formula is C12H17FN2O2. The summed E-state index contributed by atoms with van der Waals surface area (Å²) in [5.74, 6) is -0.925. The maximum atomic E-state index is 12.6. The van der Waals surface area contributed by atoms with Crippen molar-refractivity contribution in [1.82, 2.24) is 10.3 Å². The van der Waals surface area contributed by atoms with Gasteiger partial charge in [-0.1, -0.05) is 6.92 Å². The molecule has 0 aliphatic heterocycles. The SMILES string of the molecule is CCC(C)(CCO)NC(=O)c1ccc(F)nc1. The van der Waals surface area contributed by atoms with E-state index in [0.29, 0.717) is 18.4 Å². The molecule has 1 aromatic heterocycles. The Kier molecular flexibility index (Phi) is 4.57. The van der Waals surface area contributed by atoms with Crippen LogP contribution in [0.3, 0.4) is 0 Å². The van der Waals surface area contributed by atoms with Crippen molar-refractivity contribution in [3.63, 3.8) is 0 Å². The van der Waals surface area contributed by atoms with Crippen molar-refractivity contribution < 1.29 is 14.3 Å². The third kappa shape index (κ3) is 3.78. The second-order valence-electron chi connectivity index (χ2n) is 4.21. The smallest absolute Gasteiger partial charge is 0.253 e. The van der Waals surface area contributed by atoms with Crippen molar-refractivity contribution in [3.8, 4) is 0 Å². The molecule has 0 fully saturated rings. The number of halogens is 1. The molecule has 1 rings (SSSR count). The van der Waals surface area contributed by atoms with Gasteiger partial charge in [0.1, 0.15) is 0 Å². The molecule has 0 spiro atoms. The number of hydrogen-bond acceptors (Lipinski definition) is 3. The molecule has 1 aromatic rings. The summed E-state index contributed by atoms with van der Waals surface area (Å²) >= 11 is 0. The van der Waals surface area contributed by atoms with E-state index in [9.17, 15) is 9.18 Å². The van der Waals surface area contributed by atoms with Gasteiger partial charge >= 0.3 is 0 Å². The van der Waals surface area contributed by atoms with E-state index in [1.54, 1.807) is 0 Å². The largest absolute Gasteiger partial charge is 0.396 e. The summed E-state index contributed by atoms with van der Waals surface area (Å²) in [5.41, 5.74) is -0.149. The van der Waals surface area contributed by atoms with Crippen LogP contribution in [0, 0.1) is 5.95 Å². The van der Waals surface area contributed by atoms with Gasteiger partial charge in [0.2, 0.25) is 5.95 Å². The average molecular weight is 240 g/mol. The van der Waals surface area contributed by atoms with E-state index in [0.717, 1.165) is 6.07 Å². The molecule has 0 radical (unpaired) electrons. The number of carbonyl (C=O) groups is 1. The van der Waals surface area contributed by atoms with Crippen molar-refractivity contribution in [2.24, 2.45) is 0 Å². The Balaban J connectivity index is 2.74. The second kappa shape index (κ2) is 5.72. The first-order valence-electron chi connectivity index (χ1n) is 5.55. The molecule has 4 nitrogen and oxygen atoms in total. The van der Waals surface area contributed by atoms with Crippen molar-refractivity contribution >= 4 is 5.91 Å². The quantitative estimate of drug-likeness (QED) is 0.767. The Bertz CT molecular complexity index is 381. The van der Waals surface area contributed by atoms with Crippen LogP contribution in [-0.4, -0.2) is 28.1 Å². The van der Waals surface area contributed by atoms with Crippen molar-refractivity contribution in [2.45, 2.75) is 32.2 Å². The van der Waals surface area contributed by atoms with Gasteiger partial charge in [-0.25, -0.2) is 4.98 Å². The number of rotatable bonds is 5. The number of hydrogen-bond donors (Lipinski definition) is 2. The lowest BCUT2D eigenvalue weighted by atomic mass is 9.94. The molecule has 2 N–H and O–H groups in total. The minimum atomic E-state index is -0.616. The van der Waals surface area contributed by atoms with Crippen LogP contribution in [0.25, 0.3) is 0 Å². The molecule has 0 aliphatic rings. The predicted molar refractivity (Wildman–Crippen MR) is 62.1 cm³/mol. The first-order chi connectivity index (χ1) is 8.00. The number of aromatic nitrogens is 1. The molecule has 17 heavy (non-hydrogen) atoms. The van der Waals surface area contributed by atoms with Crippen LogP contribution in [0.1, 0.15) is 37.0 Å². The number of carbonyl (C=O) groups excluding carboxylic acids is 1. The fourth-order valence-corrected chi connectivity index (χ4v) is 1.43. The predicted octanol–water partition coefficient (Wildman–Crippen LogP) is 1.50. The Morgan fingerprint density at radius 2 is 2.29 bits per heavy atom. The highest BCUT2D eigenvalue weighted by molar-refractivity contribution is 5.94. The van der Waals surface area contributed by atoms with E-state index in [-0.39, 0.29) is 12.5 Å². The molecule has 0 bridgehead atoms. The van der Waals surface area contributed by atoms with Gasteiger partial charge in [-0.05, 0) is 31.9 Å². The van der Waals surface area contributed by atoms with E-state index < -0.39 is 11.5 Å². The molecule has 1 unspecified atom stereocenters. The third-order valence-corrected chi connectivity index (χ3v) is 2.85. The standard InChI is InChI=1S/C12H17FN2O2/c1-3-12(2,6-7-16)15-11(17)9-4-5-10(13)14-8-9/h4-5,8,16H,3,6-7H2,1-2H3,(H,15,17). The summed E-state index contributed by atoms with van der Waals surface area (Å²) in [6.07, 6.45) is 2.37. The molecule has 1 atom stereocenters. The highest BCUT2D eigenvalue weighted by Gasteiger charge is 2.24. The molecule has 0 aliphatic carbocycles. The van der Waals surface area contributed by atoms with Gasteiger partial charge in [0.15, 0.2) is 0 Å². The molecule has 5 heteroatoms. The lowest BCUT2D eigenvalue weighted by molar-refractivity contribution is 0.0885. The van der Waals surface area contributed by atoms with Crippen molar-refractivity contribution in [3.05, 3.63) is 29.8 Å². The van der Waals surface area contributed by atoms with Crippen LogP contribution in [-0.2, 0) is 0 Å². The van der Waals surface area contributed by atoms with Gasteiger partial charge in [0, 0.05) is 18.3 Å². The number of nitrogens with zero attached hydrogens (tertiary/aromatic N) is 1. The monoisotopic (exact) mass is 240 g/mol. The summed E-state index contributed by atoms with van der Waals surface area (Å²) in [7, 11) is 0. The number of aliphatic hydroxyl groups excluding tert-OH is 1. The van der Waals surface area contributed by atoms with E-state index in [2.05, 4.69) is 10.3 Å². The Labute approximate surface area is 99.9 Å². The van der Waals surface area contributed by atoms with Gasteiger partial charge in [-0.15, -0.1) is 0 Å². The number of pyridine rings is 1. The van der Waals surface area contributed by atoms with Crippen LogP contribution in [0.5, 0.6) is 0 Å². The lowest BCUT2D eigenvalue weighted by Crippen LogP contribution is -2.46. The van der Waals surface area contributed by atoms with Crippen LogP contribution in [0.15, 0.2) is 18.3 Å². The third-order valence-electron chi connectivity index (χ3n) is 2.85. The average Bonchev–Trinajstić information content (AvgIpc) is 2.30.